The van der Waals surface area contributed by atoms with Crippen molar-refractivity contribution in [2.24, 2.45) is 4.99 Å². The van der Waals surface area contributed by atoms with Crippen LogP contribution >= 0.6 is 0 Å². The first kappa shape index (κ1) is 21.2. The van der Waals surface area contributed by atoms with Gasteiger partial charge in [0.1, 0.15) is 6.10 Å². The fraction of sp³-hybridized carbons (Fsp3) is 0.333. The summed E-state index contributed by atoms with van der Waals surface area (Å²) < 4.78 is 19.3. The number of rotatable bonds is 8. The Bertz CT molecular complexity index is 810. The number of ether oxygens (including phenoxy) is 1. The standard InChI is InChI=1S/C21H27FN4O2/c1-4-24-21(25-13-15(2)28-19-11-6-5-10-18(19)22)26-14-16-8-7-9-17(12-16)20(27)23-3/h5-12,15H,4,13-14H2,1-3H3,(H,23,27)(H2,24,25,26). The average molecular weight is 386 g/mol. The Labute approximate surface area is 165 Å². The summed E-state index contributed by atoms with van der Waals surface area (Å²) in [5, 5.41) is 8.96. The van der Waals surface area contributed by atoms with Crippen LogP contribution in [0.15, 0.2) is 53.5 Å². The molecule has 0 saturated carbocycles. The first-order valence-electron chi connectivity index (χ1n) is 9.27. The van der Waals surface area contributed by atoms with E-state index in [9.17, 15) is 9.18 Å². The molecule has 6 nitrogen and oxygen atoms in total. The Morgan fingerprint density at radius 3 is 2.68 bits per heavy atom. The summed E-state index contributed by atoms with van der Waals surface area (Å²) in [7, 11) is 1.60. The molecule has 1 atom stereocenters. The molecule has 1 unspecified atom stereocenters. The third-order valence-electron chi connectivity index (χ3n) is 3.90. The number of carbonyl (C=O) groups is 1. The van der Waals surface area contributed by atoms with E-state index >= 15 is 0 Å². The van der Waals surface area contributed by atoms with Crippen molar-refractivity contribution >= 4 is 11.9 Å². The molecule has 2 aromatic carbocycles. The number of benzene rings is 2. The topological polar surface area (TPSA) is 74.8 Å². The smallest absolute Gasteiger partial charge is 0.251 e. The van der Waals surface area contributed by atoms with Crippen LogP contribution in [-0.2, 0) is 6.54 Å². The van der Waals surface area contributed by atoms with Crippen LogP contribution < -0.4 is 20.7 Å². The van der Waals surface area contributed by atoms with Gasteiger partial charge in [-0.15, -0.1) is 0 Å². The van der Waals surface area contributed by atoms with Crippen molar-refractivity contribution in [3.05, 3.63) is 65.5 Å². The molecule has 0 aliphatic carbocycles. The van der Waals surface area contributed by atoms with E-state index in [1.165, 1.54) is 6.07 Å². The molecule has 0 heterocycles. The van der Waals surface area contributed by atoms with Crippen molar-refractivity contribution in [3.8, 4) is 5.75 Å². The highest BCUT2D eigenvalue weighted by molar-refractivity contribution is 5.94. The van der Waals surface area contributed by atoms with Crippen molar-refractivity contribution in [2.75, 3.05) is 20.1 Å². The fourth-order valence-corrected chi connectivity index (χ4v) is 2.51. The van der Waals surface area contributed by atoms with Crippen LogP contribution in [0.2, 0.25) is 0 Å². The van der Waals surface area contributed by atoms with Crippen LogP contribution in [0.3, 0.4) is 0 Å². The van der Waals surface area contributed by atoms with Crippen molar-refractivity contribution in [3.63, 3.8) is 0 Å². The lowest BCUT2D eigenvalue weighted by molar-refractivity contribution is 0.0963. The predicted octanol–water partition coefficient (Wildman–Crippen LogP) is 2.71. The van der Waals surface area contributed by atoms with Gasteiger partial charge in [-0.1, -0.05) is 24.3 Å². The molecule has 0 aliphatic rings. The van der Waals surface area contributed by atoms with Gasteiger partial charge in [0.05, 0.1) is 13.1 Å². The van der Waals surface area contributed by atoms with Crippen LogP contribution in [0.5, 0.6) is 5.75 Å². The van der Waals surface area contributed by atoms with E-state index in [1.807, 2.05) is 32.0 Å². The van der Waals surface area contributed by atoms with Crippen molar-refractivity contribution in [2.45, 2.75) is 26.5 Å². The van der Waals surface area contributed by atoms with Crippen LogP contribution in [0.4, 0.5) is 4.39 Å². The zero-order valence-corrected chi connectivity index (χ0v) is 16.5. The summed E-state index contributed by atoms with van der Waals surface area (Å²) in [5.74, 6) is 0.336. The van der Waals surface area contributed by atoms with E-state index in [1.54, 1.807) is 31.3 Å². The molecule has 0 saturated heterocycles. The minimum Gasteiger partial charge on any atom is -0.486 e. The molecule has 0 aliphatic heterocycles. The Balaban J connectivity index is 1.95. The molecule has 0 aromatic heterocycles. The molecule has 0 radical (unpaired) electrons. The van der Waals surface area contributed by atoms with Gasteiger partial charge < -0.3 is 20.7 Å². The highest BCUT2D eigenvalue weighted by atomic mass is 19.1. The van der Waals surface area contributed by atoms with Gasteiger partial charge in [-0.3, -0.25) is 4.79 Å². The molecular weight excluding hydrogens is 359 g/mol. The molecule has 0 bridgehead atoms. The second-order valence-corrected chi connectivity index (χ2v) is 6.21. The maximum atomic E-state index is 13.7. The molecular formula is C21H27FN4O2. The summed E-state index contributed by atoms with van der Waals surface area (Å²) in [5.41, 5.74) is 1.52. The molecule has 2 rings (SSSR count). The maximum Gasteiger partial charge on any atom is 0.251 e. The van der Waals surface area contributed by atoms with E-state index in [4.69, 9.17) is 4.74 Å². The second-order valence-electron chi connectivity index (χ2n) is 6.21. The minimum absolute atomic E-state index is 0.130. The quantitative estimate of drug-likeness (QED) is 0.482. The summed E-state index contributed by atoms with van der Waals surface area (Å²) in [4.78, 5) is 16.3. The lowest BCUT2D eigenvalue weighted by Crippen LogP contribution is -2.41. The number of guanidine groups is 1. The second kappa shape index (κ2) is 10.9. The zero-order valence-electron chi connectivity index (χ0n) is 16.5. The third-order valence-corrected chi connectivity index (χ3v) is 3.90. The van der Waals surface area contributed by atoms with E-state index in [0.717, 1.165) is 5.56 Å². The largest absolute Gasteiger partial charge is 0.486 e. The number of carbonyl (C=O) groups excluding carboxylic acids is 1. The van der Waals surface area contributed by atoms with Gasteiger partial charge in [0.2, 0.25) is 0 Å². The summed E-state index contributed by atoms with van der Waals surface area (Å²) in [6, 6.07) is 13.7. The van der Waals surface area contributed by atoms with E-state index in [-0.39, 0.29) is 23.6 Å². The summed E-state index contributed by atoms with van der Waals surface area (Å²) >= 11 is 0. The molecule has 2 aromatic rings. The van der Waals surface area contributed by atoms with Gasteiger partial charge in [0.15, 0.2) is 17.5 Å². The molecule has 3 N–H and O–H groups in total. The van der Waals surface area contributed by atoms with Gasteiger partial charge in [0, 0.05) is 19.2 Å². The van der Waals surface area contributed by atoms with Gasteiger partial charge in [-0.05, 0) is 43.7 Å². The third kappa shape index (κ3) is 6.57. The van der Waals surface area contributed by atoms with Crippen molar-refractivity contribution in [1.82, 2.24) is 16.0 Å². The molecule has 0 spiro atoms. The van der Waals surface area contributed by atoms with Crippen LogP contribution in [0.1, 0.15) is 29.8 Å². The highest BCUT2D eigenvalue weighted by Crippen LogP contribution is 2.16. The molecule has 28 heavy (non-hydrogen) atoms. The molecule has 1 amide bonds. The number of halogens is 1. The van der Waals surface area contributed by atoms with Gasteiger partial charge >= 0.3 is 0 Å². The number of para-hydroxylation sites is 1. The SMILES string of the molecule is CCNC(=NCc1cccc(C(=O)NC)c1)NCC(C)Oc1ccccc1F. The number of nitrogens with one attached hydrogen (secondary N) is 3. The van der Waals surface area contributed by atoms with Crippen LogP contribution in [-0.4, -0.2) is 38.1 Å². The lowest BCUT2D eigenvalue weighted by atomic mass is 10.1. The molecule has 7 heteroatoms. The van der Waals surface area contributed by atoms with Crippen molar-refractivity contribution in [1.29, 1.82) is 0 Å². The first-order valence-corrected chi connectivity index (χ1v) is 9.27. The number of amides is 1. The van der Waals surface area contributed by atoms with Gasteiger partial charge in [-0.2, -0.15) is 0 Å². The monoisotopic (exact) mass is 386 g/mol. The van der Waals surface area contributed by atoms with Gasteiger partial charge in [0.25, 0.3) is 5.91 Å². The number of hydrogen-bond donors (Lipinski definition) is 3. The summed E-state index contributed by atoms with van der Waals surface area (Å²) in [6.45, 7) is 5.41. The zero-order chi connectivity index (χ0) is 20.4. The Morgan fingerprint density at radius 1 is 1.18 bits per heavy atom. The van der Waals surface area contributed by atoms with E-state index in [0.29, 0.717) is 31.2 Å². The van der Waals surface area contributed by atoms with Gasteiger partial charge in [-0.25, -0.2) is 9.38 Å². The Kier molecular flexibility index (Phi) is 8.27. The van der Waals surface area contributed by atoms with Crippen LogP contribution in [0, 0.1) is 5.82 Å². The maximum absolute atomic E-state index is 13.7. The number of aliphatic imine (C=N–C) groups is 1. The normalized spacial score (nSPS) is 12.2. The van der Waals surface area contributed by atoms with E-state index < -0.39 is 0 Å². The Morgan fingerprint density at radius 2 is 1.96 bits per heavy atom. The Hall–Kier alpha value is -3.09. The molecule has 150 valence electrons. The van der Waals surface area contributed by atoms with E-state index in [2.05, 4.69) is 20.9 Å². The minimum atomic E-state index is -0.383. The molecule has 0 fully saturated rings. The van der Waals surface area contributed by atoms with Crippen molar-refractivity contribution < 1.29 is 13.9 Å². The highest BCUT2D eigenvalue weighted by Gasteiger charge is 2.09. The first-order chi connectivity index (χ1) is 13.5. The van der Waals surface area contributed by atoms with Crippen LogP contribution in [0.25, 0.3) is 0 Å². The number of hydrogen-bond acceptors (Lipinski definition) is 3. The predicted molar refractivity (Wildman–Crippen MR) is 109 cm³/mol. The number of nitrogens with zero attached hydrogens (tertiary/aromatic N) is 1. The summed E-state index contributed by atoms with van der Waals surface area (Å²) in [6.07, 6.45) is -0.252. The lowest BCUT2D eigenvalue weighted by Gasteiger charge is -2.18. The average Bonchev–Trinajstić information content (AvgIpc) is 2.71. The fourth-order valence-electron chi connectivity index (χ4n) is 2.51.